The number of rotatable bonds is 1. The Hall–Kier alpha value is -2.17. The van der Waals surface area contributed by atoms with Crippen molar-refractivity contribution in [2.24, 2.45) is 5.92 Å². The Balaban J connectivity index is 1.69. The minimum Gasteiger partial charge on any atom is -0.396 e. The number of aromatic nitrogens is 2. The Labute approximate surface area is 135 Å². The molecule has 1 aromatic heterocycles. The first-order valence-corrected chi connectivity index (χ1v) is 8.57. The van der Waals surface area contributed by atoms with Crippen molar-refractivity contribution < 1.29 is 4.79 Å². The highest BCUT2D eigenvalue weighted by Crippen LogP contribution is 2.36. The largest absolute Gasteiger partial charge is 0.396 e. The molecule has 1 aromatic carbocycles. The molecule has 0 unspecified atom stereocenters. The molecule has 1 amide bonds. The number of carbonyl (C=O) groups excluding carboxylic acids is 1. The highest BCUT2D eigenvalue weighted by atomic mass is 16.2. The standard InChI is InChI=1S/C18H22N4O/c19-16-13-8-2-3-9-14(13)20-21-17(16)18(23)22-11-5-7-12-6-1-4-10-15(12)22/h2-3,8-9,12,15H,1,4-7,10-11H2,(H2,19,20)/t12-,15-/m0/s1. The number of carbonyl (C=O) groups is 1. The van der Waals surface area contributed by atoms with Crippen LogP contribution in [0.5, 0.6) is 0 Å². The molecule has 2 atom stereocenters. The number of fused-ring (bicyclic) bond motifs is 2. The minimum atomic E-state index is -0.0441. The number of nitrogen functional groups attached to an aromatic ring is 1. The number of likely N-dealkylation sites (tertiary alicyclic amines) is 1. The summed E-state index contributed by atoms with van der Waals surface area (Å²) in [5.41, 5.74) is 7.75. The number of benzene rings is 1. The van der Waals surface area contributed by atoms with E-state index < -0.39 is 0 Å². The van der Waals surface area contributed by atoms with Gasteiger partial charge in [-0.05, 0) is 37.7 Å². The van der Waals surface area contributed by atoms with Gasteiger partial charge in [-0.3, -0.25) is 4.79 Å². The summed E-state index contributed by atoms with van der Waals surface area (Å²) in [4.78, 5) is 15.1. The summed E-state index contributed by atoms with van der Waals surface area (Å²) in [5.74, 6) is 0.605. The van der Waals surface area contributed by atoms with Gasteiger partial charge >= 0.3 is 0 Å². The number of nitrogens with zero attached hydrogens (tertiary/aromatic N) is 3. The summed E-state index contributed by atoms with van der Waals surface area (Å²) in [6.07, 6.45) is 7.18. The molecule has 23 heavy (non-hydrogen) atoms. The molecule has 1 saturated heterocycles. The zero-order valence-electron chi connectivity index (χ0n) is 13.2. The van der Waals surface area contributed by atoms with Crippen LogP contribution in [0.25, 0.3) is 10.9 Å². The van der Waals surface area contributed by atoms with Gasteiger partial charge in [-0.2, -0.15) is 0 Å². The van der Waals surface area contributed by atoms with E-state index in [0.717, 1.165) is 30.3 Å². The molecule has 0 bridgehead atoms. The summed E-state index contributed by atoms with van der Waals surface area (Å²) in [6, 6.07) is 7.93. The van der Waals surface area contributed by atoms with Gasteiger partial charge in [0.2, 0.25) is 0 Å². The van der Waals surface area contributed by atoms with Crippen LogP contribution in [0.15, 0.2) is 24.3 Å². The van der Waals surface area contributed by atoms with Crippen molar-refractivity contribution in [3.63, 3.8) is 0 Å². The highest BCUT2D eigenvalue weighted by Gasteiger charge is 2.37. The Morgan fingerprint density at radius 2 is 1.87 bits per heavy atom. The lowest BCUT2D eigenvalue weighted by atomic mass is 9.78. The monoisotopic (exact) mass is 310 g/mol. The first-order chi connectivity index (χ1) is 11.3. The highest BCUT2D eigenvalue weighted by molar-refractivity contribution is 6.04. The topological polar surface area (TPSA) is 72.1 Å². The third-order valence-electron chi connectivity index (χ3n) is 5.41. The Kier molecular flexibility index (Phi) is 3.63. The average molecular weight is 310 g/mol. The molecule has 2 N–H and O–H groups in total. The predicted octanol–water partition coefficient (Wildman–Crippen LogP) is 3.01. The number of piperidine rings is 1. The summed E-state index contributed by atoms with van der Waals surface area (Å²) >= 11 is 0. The molecule has 1 aliphatic heterocycles. The van der Waals surface area contributed by atoms with E-state index in [9.17, 15) is 4.79 Å². The minimum absolute atomic E-state index is 0.0441. The van der Waals surface area contributed by atoms with Crippen LogP contribution in [0.3, 0.4) is 0 Å². The molecule has 0 spiro atoms. The maximum absolute atomic E-state index is 13.1. The van der Waals surface area contributed by atoms with Crippen LogP contribution in [0.2, 0.25) is 0 Å². The van der Waals surface area contributed by atoms with Gasteiger partial charge in [0.15, 0.2) is 5.69 Å². The van der Waals surface area contributed by atoms with Gasteiger partial charge in [0, 0.05) is 18.0 Å². The maximum Gasteiger partial charge on any atom is 0.276 e. The normalized spacial score (nSPS) is 24.4. The van der Waals surface area contributed by atoms with Crippen LogP contribution < -0.4 is 5.73 Å². The van der Waals surface area contributed by atoms with Crippen LogP contribution in [0.1, 0.15) is 49.0 Å². The van der Waals surface area contributed by atoms with Crippen LogP contribution in [-0.4, -0.2) is 33.6 Å². The SMILES string of the molecule is Nc1c(C(=O)N2CCC[C@@H]3CCCC[C@@H]32)nnc2ccccc12. The summed E-state index contributed by atoms with van der Waals surface area (Å²) in [7, 11) is 0. The lowest BCUT2D eigenvalue weighted by Crippen LogP contribution is -2.50. The van der Waals surface area contributed by atoms with Gasteiger partial charge in [0.25, 0.3) is 5.91 Å². The molecule has 0 radical (unpaired) electrons. The van der Waals surface area contributed by atoms with Crippen LogP contribution in [-0.2, 0) is 0 Å². The quantitative estimate of drug-likeness (QED) is 0.879. The molecular formula is C18H22N4O. The van der Waals surface area contributed by atoms with Gasteiger partial charge in [0.05, 0.1) is 11.2 Å². The van der Waals surface area contributed by atoms with Crippen molar-refractivity contribution >= 4 is 22.5 Å². The van der Waals surface area contributed by atoms with E-state index in [1.165, 1.54) is 25.7 Å². The molecule has 5 heteroatoms. The first-order valence-electron chi connectivity index (χ1n) is 8.57. The van der Waals surface area contributed by atoms with Gasteiger partial charge in [0.1, 0.15) is 0 Å². The lowest BCUT2D eigenvalue weighted by molar-refractivity contribution is 0.0385. The molecule has 120 valence electrons. The van der Waals surface area contributed by atoms with E-state index in [2.05, 4.69) is 10.2 Å². The second-order valence-electron chi connectivity index (χ2n) is 6.73. The summed E-state index contributed by atoms with van der Waals surface area (Å²) < 4.78 is 0. The van der Waals surface area contributed by atoms with Crippen molar-refractivity contribution in [2.45, 2.75) is 44.6 Å². The second-order valence-corrected chi connectivity index (χ2v) is 6.73. The molecule has 2 aliphatic rings. The van der Waals surface area contributed by atoms with Gasteiger partial charge in [-0.25, -0.2) is 0 Å². The van der Waals surface area contributed by atoms with E-state index >= 15 is 0 Å². The zero-order chi connectivity index (χ0) is 15.8. The van der Waals surface area contributed by atoms with Crippen molar-refractivity contribution in [3.8, 4) is 0 Å². The van der Waals surface area contributed by atoms with E-state index in [1.54, 1.807) is 0 Å². The molecule has 2 fully saturated rings. The number of nitrogens with two attached hydrogens (primary N) is 1. The summed E-state index contributed by atoms with van der Waals surface area (Å²) in [5, 5.41) is 9.15. The summed E-state index contributed by atoms with van der Waals surface area (Å²) in [6.45, 7) is 0.813. The maximum atomic E-state index is 13.1. The van der Waals surface area contributed by atoms with Crippen molar-refractivity contribution in [2.75, 3.05) is 12.3 Å². The van der Waals surface area contributed by atoms with E-state index in [4.69, 9.17) is 5.73 Å². The Morgan fingerprint density at radius 1 is 1.09 bits per heavy atom. The molecule has 5 nitrogen and oxygen atoms in total. The molecule has 1 aliphatic carbocycles. The van der Waals surface area contributed by atoms with Gasteiger partial charge in [-0.15, -0.1) is 10.2 Å². The van der Waals surface area contributed by atoms with Crippen LogP contribution in [0.4, 0.5) is 5.69 Å². The number of hydrogen-bond acceptors (Lipinski definition) is 4. The van der Waals surface area contributed by atoms with Crippen molar-refractivity contribution in [1.82, 2.24) is 15.1 Å². The third-order valence-corrected chi connectivity index (χ3v) is 5.41. The smallest absolute Gasteiger partial charge is 0.276 e. The number of hydrogen-bond donors (Lipinski definition) is 1. The Morgan fingerprint density at radius 3 is 2.78 bits per heavy atom. The zero-order valence-corrected chi connectivity index (χ0v) is 13.2. The molecule has 2 heterocycles. The van der Waals surface area contributed by atoms with E-state index in [-0.39, 0.29) is 5.91 Å². The number of anilines is 1. The van der Waals surface area contributed by atoms with Crippen LogP contribution >= 0.6 is 0 Å². The fourth-order valence-electron chi connectivity index (χ4n) is 4.24. The fraction of sp³-hybridized carbons (Fsp3) is 0.500. The van der Waals surface area contributed by atoms with Crippen molar-refractivity contribution in [1.29, 1.82) is 0 Å². The lowest BCUT2D eigenvalue weighted by Gasteiger charge is -2.44. The molecule has 4 rings (SSSR count). The fourth-order valence-corrected chi connectivity index (χ4v) is 4.24. The van der Waals surface area contributed by atoms with E-state index in [1.807, 2.05) is 29.2 Å². The molecular weight excluding hydrogens is 288 g/mol. The predicted molar refractivity (Wildman–Crippen MR) is 90.0 cm³/mol. The van der Waals surface area contributed by atoms with Gasteiger partial charge in [-0.1, -0.05) is 31.0 Å². The van der Waals surface area contributed by atoms with Crippen LogP contribution in [0, 0.1) is 5.92 Å². The van der Waals surface area contributed by atoms with E-state index in [0.29, 0.717) is 23.3 Å². The average Bonchev–Trinajstić information content (AvgIpc) is 2.61. The Bertz CT molecular complexity index is 743. The molecule has 1 saturated carbocycles. The van der Waals surface area contributed by atoms with Crippen molar-refractivity contribution in [3.05, 3.63) is 30.0 Å². The first kappa shape index (κ1) is 14.4. The van der Waals surface area contributed by atoms with Gasteiger partial charge < -0.3 is 10.6 Å². The number of amides is 1. The second kappa shape index (κ2) is 5.80. The third kappa shape index (κ3) is 2.44. The molecule has 2 aromatic rings.